The molecule has 0 spiro atoms. The normalized spacial score (nSPS) is 25.8. The van der Waals surface area contributed by atoms with Crippen LogP contribution in [0.3, 0.4) is 0 Å². The van der Waals surface area contributed by atoms with Gasteiger partial charge in [0.2, 0.25) is 0 Å². The molecule has 0 bridgehead atoms. The molecule has 88 valence electrons. The molecule has 1 aromatic carbocycles. The second-order valence-corrected chi connectivity index (χ2v) is 5.25. The first-order valence-electron chi connectivity index (χ1n) is 5.46. The molecule has 1 saturated heterocycles. The summed E-state index contributed by atoms with van der Waals surface area (Å²) in [5.74, 6) is -0.442. The SMILES string of the molecule is CC1CCNC(c2c(F)ccc(Br)c2F)C1. The first-order valence-corrected chi connectivity index (χ1v) is 6.25. The van der Waals surface area contributed by atoms with Crippen molar-refractivity contribution in [3.8, 4) is 0 Å². The average molecular weight is 290 g/mol. The fraction of sp³-hybridized carbons (Fsp3) is 0.500. The maximum Gasteiger partial charge on any atom is 0.145 e. The topological polar surface area (TPSA) is 12.0 Å². The third-order valence-electron chi connectivity index (χ3n) is 3.09. The molecule has 16 heavy (non-hydrogen) atoms. The highest BCUT2D eigenvalue weighted by atomic mass is 79.9. The Morgan fingerprint density at radius 1 is 1.38 bits per heavy atom. The van der Waals surface area contributed by atoms with Gasteiger partial charge in [-0.15, -0.1) is 0 Å². The summed E-state index contributed by atoms with van der Waals surface area (Å²) in [6.07, 6.45) is 1.85. The maximum atomic E-state index is 13.8. The van der Waals surface area contributed by atoms with Gasteiger partial charge in [-0.2, -0.15) is 0 Å². The Hall–Kier alpha value is -0.480. The van der Waals surface area contributed by atoms with Gasteiger partial charge in [-0.05, 0) is 53.4 Å². The number of halogens is 3. The monoisotopic (exact) mass is 289 g/mol. The molecule has 0 saturated carbocycles. The van der Waals surface area contributed by atoms with Gasteiger partial charge in [-0.1, -0.05) is 6.92 Å². The van der Waals surface area contributed by atoms with Crippen molar-refractivity contribution in [2.75, 3.05) is 6.54 Å². The van der Waals surface area contributed by atoms with E-state index in [1.54, 1.807) is 0 Å². The van der Waals surface area contributed by atoms with Crippen molar-refractivity contribution in [1.29, 1.82) is 0 Å². The summed E-state index contributed by atoms with van der Waals surface area (Å²) in [6.45, 7) is 2.93. The lowest BCUT2D eigenvalue weighted by molar-refractivity contribution is 0.311. The first kappa shape index (κ1) is 12.0. The minimum atomic E-state index is -0.480. The second-order valence-electron chi connectivity index (χ2n) is 4.39. The van der Waals surface area contributed by atoms with Gasteiger partial charge in [-0.25, -0.2) is 8.78 Å². The van der Waals surface area contributed by atoms with E-state index in [9.17, 15) is 8.78 Å². The van der Waals surface area contributed by atoms with Crippen molar-refractivity contribution >= 4 is 15.9 Å². The average Bonchev–Trinajstić information content (AvgIpc) is 2.24. The van der Waals surface area contributed by atoms with Gasteiger partial charge < -0.3 is 5.32 Å². The van der Waals surface area contributed by atoms with E-state index in [1.165, 1.54) is 12.1 Å². The van der Waals surface area contributed by atoms with E-state index in [-0.39, 0.29) is 11.6 Å². The molecule has 2 unspecified atom stereocenters. The van der Waals surface area contributed by atoms with Crippen LogP contribution in [0.1, 0.15) is 31.4 Å². The Morgan fingerprint density at radius 3 is 2.81 bits per heavy atom. The van der Waals surface area contributed by atoms with Crippen LogP contribution >= 0.6 is 15.9 Å². The third kappa shape index (κ3) is 2.28. The smallest absolute Gasteiger partial charge is 0.145 e. The van der Waals surface area contributed by atoms with Crippen LogP contribution < -0.4 is 5.32 Å². The van der Waals surface area contributed by atoms with E-state index >= 15 is 0 Å². The van der Waals surface area contributed by atoms with E-state index in [0.29, 0.717) is 10.4 Å². The Labute approximate surface area is 102 Å². The van der Waals surface area contributed by atoms with E-state index in [4.69, 9.17) is 0 Å². The molecular weight excluding hydrogens is 276 g/mol. The summed E-state index contributed by atoms with van der Waals surface area (Å²) >= 11 is 3.09. The summed E-state index contributed by atoms with van der Waals surface area (Å²) in [7, 11) is 0. The Kier molecular flexibility index (Phi) is 3.60. The summed E-state index contributed by atoms with van der Waals surface area (Å²) in [5.41, 5.74) is 0.168. The van der Waals surface area contributed by atoms with Gasteiger partial charge >= 0.3 is 0 Å². The molecule has 1 aromatic rings. The Balaban J connectivity index is 2.35. The lowest BCUT2D eigenvalue weighted by Crippen LogP contribution is -2.32. The number of hydrogen-bond acceptors (Lipinski definition) is 1. The Bertz CT molecular complexity index is 395. The molecule has 0 amide bonds. The van der Waals surface area contributed by atoms with E-state index in [0.717, 1.165) is 19.4 Å². The van der Waals surface area contributed by atoms with Crippen molar-refractivity contribution in [1.82, 2.24) is 5.32 Å². The zero-order valence-corrected chi connectivity index (χ0v) is 10.7. The van der Waals surface area contributed by atoms with Crippen LogP contribution in [0.5, 0.6) is 0 Å². The summed E-state index contributed by atoms with van der Waals surface area (Å²) in [5, 5.41) is 3.17. The summed E-state index contributed by atoms with van der Waals surface area (Å²) in [6, 6.07) is 2.50. The molecule has 1 N–H and O–H groups in total. The molecule has 1 heterocycles. The number of piperidine rings is 1. The molecule has 2 atom stereocenters. The summed E-state index contributed by atoms with van der Waals surface area (Å²) < 4.78 is 27.8. The van der Waals surface area contributed by atoms with Gasteiger partial charge in [-0.3, -0.25) is 0 Å². The quantitative estimate of drug-likeness (QED) is 0.776. The zero-order valence-electron chi connectivity index (χ0n) is 9.06. The van der Waals surface area contributed by atoms with Gasteiger partial charge in [0.05, 0.1) is 4.47 Å². The van der Waals surface area contributed by atoms with Crippen LogP contribution in [0.2, 0.25) is 0 Å². The fourth-order valence-corrected chi connectivity index (χ4v) is 2.54. The molecule has 1 aliphatic heterocycles. The van der Waals surface area contributed by atoms with Crippen molar-refractivity contribution < 1.29 is 8.78 Å². The molecule has 0 radical (unpaired) electrons. The van der Waals surface area contributed by atoms with Gasteiger partial charge in [0.1, 0.15) is 11.6 Å². The van der Waals surface area contributed by atoms with Crippen LogP contribution in [-0.2, 0) is 0 Å². The van der Waals surface area contributed by atoms with Gasteiger partial charge in [0.15, 0.2) is 0 Å². The van der Waals surface area contributed by atoms with Crippen LogP contribution in [0.4, 0.5) is 8.78 Å². The molecular formula is C12H14BrF2N. The lowest BCUT2D eigenvalue weighted by Gasteiger charge is -2.29. The number of hydrogen-bond donors (Lipinski definition) is 1. The predicted octanol–water partition coefficient (Wildman–Crippen LogP) is 3.79. The van der Waals surface area contributed by atoms with Gasteiger partial charge in [0.25, 0.3) is 0 Å². The summed E-state index contributed by atoms with van der Waals surface area (Å²) in [4.78, 5) is 0. The van der Waals surface area contributed by atoms with Crippen LogP contribution in [0.15, 0.2) is 16.6 Å². The van der Waals surface area contributed by atoms with Crippen LogP contribution in [0.25, 0.3) is 0 Å². The predicted molar refractivity (Wildman–Crippen MR) is 63.2 cm³/mol. The highest BCUT2D eigenvalue weighted by Crippen LogP contribution is 2.32. The van der Waals surface area contributed by atoms with Crippen LogP contribution in [0, 0.1) is 17.6 Å². The highest BCUT2D eigenvalue weighted by Gasteiger charge is 2.26. The number of nitrogens with one attached hydrogen (secondary N) is 1. The van der Waals surface area contributed by atoms with E-state index < -0.39 is 11.6 Å². The molecule has 0 aliphatic carbocycles. The van der Waals surface area contributed by atoms with Crippen molar-refractivity contribution in [3.63, 3.8) is 0 Å². The zero-order chi connectivity index (χ0) is 11.7. The largest absolute Gasteiger partial charge is 0.310 e. The minimum absolute atomic E-state index is 0.168. The molecule has 4 heteroatoms. The Morgan fingerprint density at radius 2 is 2.12 bits per heavy atom. The fourth-order valence-electron chi connectivity index (χ4n) is 2.19. The van der Waals surface area contributed by atoms with Crippen molar-refractivity contribution in [2.45, 2.75) is 25.8 Å². The van der Waals surface area contributed by atoms with E-state index in [1.807, 2.05) is 0 Å². The molecule has 1 fully saturated rings. The minimum Gasteiger partial charge on any atom is -0.310 e. The maximum absolute atomic E-state index is 13.8. The second kappa shape index (κ2) is 4.80. The number of benzene rings is 1. The molecule has 2 rings (SSSR count). The van der Waals surface area contributed by atoms with Crippen LogP contribution in [-0.4, -0.2) is 6.54 Å². The van der Waals surface area contributed by atoms with E-state index in [2.05, 4.69) is 28.2 Å². The molecule has 1 aliphatic rings. The first-order chi connectivity index (χ1) is 7.59. The molecule has 0 aromatic heterocycles. The van der Waals surface area contributed by atoms with Crippen molar-refractivity contribution in [3.05, 3.63) is 33.8 Å². The van der Waals surface area contributed by atoms with Crippen molar-refractivity contribution in [2.24, 2.45) is 5.92 Å². The number of rotatable bonds is 1. The highest BCUT2D eigenvalue weighted by molar-refractivity contribution is 9.10. The molecule has 1 nitrogen and oxygen atoms in total. The van der Waals surface area contributed by atoms with Gasteiger partial charge in [0, 0.05) is 11.6 Å². The third-order valence-corrected chi connectivity index (χ3v) is 3.71. The lowest BCUT2D eigenvalue weighted by atomic mass is 9.89. The standard InChI is InChI=1S/C12H14BrF2N/c1-7-4-5-16-10(6-7)11-9(14)3-2-8(13)12(11)15/h2-3,7,10,16H,4-6H2,1H3.